The van der Waals surface area contributed by atoms with Gasteiger partial charge < -0.3 is 4.52 Å². The largest absolute Gasteiger partial charge is 0.356 e. The summed E-state index contributed by atoms with van der Waals surface area (Å²) >= 11 is 1.45. The van der Waals surface area contributed by atoms with Crippen molar-refractivity contribution in [1.82, 2.24) is 14.8 Å². The predicted octanol–water partition coefficient (Wildman–Crippen LogP) is 4.56. The summed E-state index contributed by atoms with van der Waals surface area (Å²) in [4.78, 5) is 2.67. The number of nitrogens with one attached hydrogen (secondary N) is 1. The fourth-order valence-corrected chi connectivity index (χ4v) is 7.28. The summed E-state index contributed by atoms with van der Waals surface area (Å²) in [5.41, 5.74) is 1.29. The fraction of sp³-hybridized carbons (Fsp3) is 0.348. The molecule has 0 saturated carbocycles. The Labute approximate surface area is 190 Å². The monoisotopic (exact) mass is 473 g/mol. The maximum atomic E-state index is 13.3. The zero-order valence-corrected chi connectivity index (χ0v) is 19.3. The summed E-state index contributed by atoms with van der Waals surface area (Å²) in [5.74, 6) is -0.338. The number of hydrogen-bond donors (Lipinski definition) is 1. The molecule has 1 saturated heterocycles. The van der Waals surface area contributed by atoms with Crippen LogP contribution in [0.15, 0.2) is 57.3 Å². The normalized spacial score (nSPS) is 19.9. The number of rotatable bonds is 7. The number of sulfonamides is 1. The molecule has 0 bridgehead atoms. The van der Waals surface area contributed by atoms with Gasteiger partial charge in [0.15, 0.2) is 5.58 Å². The molecule has 1 aliphatic rings. The van der Waals surface area contributed by atoms with Crippen LogP contribution in [0, 0.1) is 5.82 Å². The molecule has 3 heterocycles. The molecule has 168 valence electrons. The Morgan fingerprint density at radius 3 is 2.97 bits per heavy atom. The molecule has 5 rings (SSSR count). The van der Waals surface area contributed by atoms with Crippen LogP contribution < -0.4 is 4.72 Å². The van der Waals surface area contributed by atoms with Gasteiger partial charge in [-0.05, 0) is 50.9 Å². The molecule has 4 aromatic rings. The van der Waals surface area contributed by atoms with E-state index in [0.717, 1.165) is 47.0 Å². The van der Waals surface area contributed by atoms with E-state index >= 15 is 0 Å². The molecule has 2 aromatic heterocycles. The van der Waals surface area contributed by atoms with E-state index in [2.05, 4.69) is 21.7 Å². The van der Waals surface area contributed by atoms with Gasteiger partial charge in [-0.3, -0.25) is 4.90 Å². The van der Waals surface area contributed by atoms with Gasteiger partial charge in [0.1, 0.15) is 10.7 Å². The highest BCUT2D eigenvalue weighted by molar-refractivity contribution is 7.90. The van der Waals surface area contributed by atoms with Gasteiger partial charge in [0.05, 0.1) is 5.69 Å². The average molecular weight is 474 g/mol. The van der Waals surface area contributed by atoms with Crippen LogP contribution in [-0.2, 0) is 16.4 Å². The van der Waals surface area contributed by atoms with Crippen LogP contribution in [0.2, 0.25) is 0 Å². The van der Waals surface area contributed by atoms with E-state index < -0.39 is 10.0 Å². The van der Waals surface area contributed by atoms with Crippen molar-refractivity contribution in [3.63, 3.8) is 0 Å². The standard InChI is InChI=1S/C23H24FN3O3S2/c1-15-11-17(26-32(28,29)23-14-31-22-7-3-2-5-19(22)23)13-27(15)10-4-6-20-18-9-8-16(24)12-21(18)30-25-20/h2-3,5,7-9,12,14-15,17,26H,4,6,10-11,13H2,1H3/t15-,17-/m0/s1. The number of nitrogens with zero attached hydrogens (tertiary/aromatic N) is 2. The van der Waals surface area contributed by atoms with Gasteiger partial charge in [-0.1, -0.05) is 23.4 Å². The number of benzene rings is 2. The van der Waals surface area contributed by atoms with Crippen molar-refractivity contribution in [2.45, 2.75) is 43.2 Å². The van der Waals surface area contributed by atoms with Crippen LogP contribution in [0.5, 0.6) is 0 Å². The lowest BCUT2D eigenvalue weighted by molar-refractivity contribution is 0.263. The second-order valence-corrected chi connectivity index (χ2v) is 11.0. The first-order valence-corrected chi connectivity index (χ1v) is 13.0. The lowest BCUT2D eigenvalue weighted by Crippen LogP contribution is -2.37. The van der Waals surface area contributed by atoms with Crippen LogP contribution >= 0.6 is 11.3 Å². The summed E-state index contributed by atoms with van der Waals surface area (Å²) in [5, 5.41) is 7.42. The molecule has 6 nitrogen and oxygen atoms in total. The van der Waals surface area contributed by atoms with Crippen molar-refractivity contribution in [1.29, 1.82) is 0 Å². The van der Waals surface area contributed by atoms with Crippen molar-refractivity contribution in [3.05, 3.63) is 59.4 Å². The number of likely N-dealkylation sites (tertiary alicyclic amines) is 1. The number of aryl methyl sites for hydroxylation is 1. The first-order chi connectivity index (χ1) is 15.4. The van der Waals surface area contributed by atoms with Gasteiger partial charge >= 0.3 is 0 Å². The zero-order valence-electron chi connectivity index (χ0n) is 17.6. The first kappa shape index (κ1) is 21.5. The van der Waals surface area contributed by atoms with E-state index in [9.17, 15) is 12.8 Å². The molecule has 0 spiro atoms. The third-order valence-electron chi connectivity index (χ3n) is 6.13. The minimum Gasteiger partial charge on any atom is -0.356 e. The minimum absolute atomic E-state index is 0.121. The SMILES string of the molecule is C[C@H]1C[C@H](NS(=O)(=O)c2csc3ccccc23)CN1CCCc1noc2cc(F)ccc12. The van der Waals surface area contributed by atoms with Crippen LogP contribution in [0.4, 0.5) is 4.39 Å². The lowest BCUT2D eigenvalue weighted by Gasteiger charge is -2.20. The Kier molecular flexibility index (Phi) is 5.75. The van der Waals surface area contributed by atoms with E-state index in [1.165, 1.54) is 23.5 Å². The Bertz CT molecular complexity index is 1370. The molecule has 2 atom stereocenters. The third kappa shape index (κ3) is 4.17. The quantitative estimate of drug-likeness (QED) is 0.426. The zero-order chi connectivity index (χ0) is 22.3. The van der Waals surface area contributed by atoms with Gasteiger partial charge in [0.25, 0.3) is 0 Å². The minimum atomic E-state index is -3.58. The second kappa shape index (κ2) is 8.55. The van der Waals surface area contributed by atoms with Gasteiger partial charge in [0, 0.05) is 45.5 Å². The molecule has 0 aliphatic carbocycles. The number of fused-ring (bicyclic) bond motifs is 2. The van der Waals surface area contributed by atoms with E-state index in [1.54, 1.807) is 11.4 Å². The van der Waals surface area contributed by atoms with Crippen LogP contribution in [0.3, 0.4) is 0 Å². The topological polar surface area (TPSA) is 75.4 Å². The maximum Gasteiger partial charge on any atom is 0.242 e. The summed E-state index contributed by atoms with van der Waals surface area (Å²) in [6, 6.07) is 12.2. The van der Waals surface area contributed by atoms with E-state index in [4.69, 9.17) is 4.52 Å². The Morgan fingerprint density at radius 2 is 2.09 bits per heavy atom. The van der Waals surface area contributed by atoms with Crippen LogP contribution in [0.1, 0.15) is 25.5 Å². The van der Waals surface area contributed by atoms with Gasteiger partial charge in [-0.15, -0.1) is 11.3 Å². The smallest absolute Gasteiger partial charge is 0.242 e. The highest BCUT2D eigenvalue weighted by Crippen LogP contribution is 2.30. The van der Waals surface area contributed by atoms with Gasteiger partial charge in [-0.25, -0.2) is 17.5 Å². The summed E-state index contributed by atoms with van der Waals surface area (Å²) in [6.45, 7) is 3.63. The molecule has 0 amide bonds. The van der Waals surface area contributed by atoms with Crippen molar-refractivity contribution in [2.75, 3.05) is 13.1 Å². The Hall–Kier alpha value is -2.33. The number of aromatic nitrogens is 1. The van der Waals surface area contributed by atoms with E-state index in [-0.39, 0.29) is 17.9 Å². The van der Waals surface area contributed by atoms with Crippen molar-refractivity contribution < 1.29 is 17.3 Å². The molecule has 0 radical (unpaired) electrons. The molecule has 1 fully saturated rings. The molecule has 0 unspecified atom stereocenters. The van der Waals surface area contributed by atoms with E-state index in [1.807, 2.05) is 24.3 Å². The summed E-state index contributed by atoms with van der Waals surface area (Å²) < 4.78 is 48.5. The second-order valence-electron chi connectivity index (χ2n) is 8.37. The summed E-state index contributed by atoms with van der Waals surface area (Å²) in [6.07, 6.45) is 2.35. The fourth-order valence-electron chi connectivity index (χ4n) is 4.53. The molecule has 9 heteroatoms. The molecule has 32 heavy (non-hydrogen) atoms. The number of hydrogen-bond acceptors (Lipinski definition) is 6. The maximum absolute atomic E-state index is 13.3. The van der Waals surface area contributed by atoms with Crippen LogP contribution in [-0.4, -0.2) is 43.6 Å². The predicted molar refractivity (Wildman–Crippen MR) is 124 cm³/mol. The van der Waals surface area contributed by atoms with Gasteiger partial charge in [-0.2, -0.15) is 0 Å². The number of halogens is 1. The van der Waals surface area contributed by atoms with Crippen molar-refractivity contribution in [3.8, 4) is 0 Å². The Balaban J connectivity index is 1.20. The number of thiophene rings is 1. The molecular formula is C23H24FN3O3S2. The third-order valence-corrected chi connectivity index (χ3v) is 8.80. The molecule has 1 aliphatic heterocycles. The van der Waals surface area contributed by atoms with Crippen LogP contribution in [0.25, 0.3) is 21.1 Å². The van der Waals surface area contributed by atoms with Gasteiger partial charge in [0.2, 0.25) is 10.0 Å². The highest BCUT2D eigenvalue weighted by atomic mass is 32.2. The molecular weight excluding hydrogens is 449 g/mol. The van der Waals surface area contributed by atoms with Crippen molar-refractivity contribution >= 4 is 42.4 Å². The Morgan fingerprint density at radius 1 is 1.25 bits per heavy atom. The summed E-state index contributed by atoms with van der Waals surface area (Å²) in [7, 11) is -3.58. The first-order valence-electron chi connectivity index (χ1n) is 10.7. The average Bonchev–Trinajstić information content (AvgIpc) is 3.45. The van der Waals surface area contributed by atoms with E-state index in [0.29, 0.717) is 17.0 Å². The lowest BCUT2D eigenvalue weighted by atomic mass is 10.1. The highest BCUT2D eigenvalue weighted by Gasteiger charge is 2.32. The molecule has 1 N–H and O–H groups in total. The van der Waals surface area contributed by atoms with Crippen molar-refractivity contribution in [2.24, 2.45) is 0 Å². The molecule has 2 aromatic carbocycles.